The molecular weight excluding hydrogens is 434 g/mol. The quantitative estimate of drug-likeness (QED) is 0.412. The molecule has 9 nitrogen and oxygen atoms in total. The number of aldehydes is 1. The lowest BCUT2D eigenvalue weighted by atomic mass is 9.98. The molecular formula is C25H25N5O4. The second-order valence-electron chi connectivity index (χ2n) is 8.22. The summed E-state index contributed by atoms with van der Waals surface area (Å²) in [5.41, 5.74) is 2.14. The lowest BCUT2D eigenvalue weighted by Crippen LogP contribution is -2.51. The molecule has 2 heterocycles. The first-order valence-corrected chi connectivity index (χ1v) is 11.1. The Labute approximate surface area is 196 Å². The van der Waals surface area contributed by atoms with E-state index < -0.39 is 23.9 Å². The minimum atomic E-state index is -0.956. The molecule has 3 amide bonds. The van der Waals surface area contributed by atoms with E-state index in [1.165, 1.54) is 6.20 Å². The van der Waals surface area contributed by atoms with Crippen molar-refractivity contribution in [2.24, 2.45) is 5.92 Å². The van der Waals surface area contributed by atoms with Crippen LogP contribution in [0.4, 0.5) is 0 Å². The van der Waals surface area contributed by atoms with Crippen molar-refractivity contribution < 1.29 is 19.2 Å². The minimum Gasteiger partial charge on any atom is -0.356 e. The van der Waals surface area contributed by atoms with E-state index in [2.05, 4.69) is 25.9 Å². The number of aromatic nitrogens is 2. The second kappa shape index (κ2) is 10.7. The maximum absolute atomic E-state index is 13.1. The fourth-order valence-corrected chi connectivity index (χ4v) is 3.97. The number of hydrogen-bond acceptors (Lipinski definition) is 6. The van der Waals surface area contributed by atoms with Gasteiger partial charge in [-0.3, -0.25) is 19.4 Å². The highest BCUT2D eigenvalue weighted by molar-refractivity contribution is 5.97. The summed E-state index contributed by atoms with van der Waals surface area (Å²) in [5.74, 6) is -1.51. The number of fused-ring (bicyclic) bond motifs is 1. The van der Waals surface area contributed by atoms with Crippen molar-refractivity contribution in [2.45, 2.75) is 31.3 Å². The molecule has 1 unspecified atom stereocenters. The van der Waals surface area contributed by atoms with Crippen LogP contribution in [0.3, 0.4) is 0 Å². The topological polar surface area (TPSA) is 130 Å². The average Bonchev–Trinajstić information content (AvgIpc) is 3.27. The van der Waals surface area contributed by atoms with E-state index in [0.29, 0.717) is 30.3 Å². The number of hydrogen-bond donors (Lipinski definition) is 3. The molecule has 1 fully saturated rings. The van der Waals surface area contributed by atoms with Gasteiger partial charge in [-0.1, -0.05) is 42.5 Å². The molecule has 0 spiro atoms. The van der Waals surface area contributed by atoms with Gasteiger partial charge in [-0.15, -0.1) is 0 Å². The van der Waals surface area contributed by atoms with Gasteiger partial charge in [0.2, 0.25) is 11.8 Å². The van der Waals surface area contributed by atoms with Gasteiger partial charge in [-0.05, 0) is 30.5 Å². The molecule has 0 bridgehead atoms. The zero-order chi connectivity index (χ0) is 23.9. The van der Waals surface area contributed by atoms with E-state index in [1.807, 2.05) is 36.4 Å². The van der Waals surface area contributed by atoms with Gasteiger partial charge in [0.1, 0.15) is 18.0 Å². The minimum absolute atomic E-state index is 0.0825. The van der Waals surface area contributed by atoms with E-state index in [9.17, 15) is 19.2 Å². The smallest absolute Gasteiger partial charge is 0.272 e. The Bertz CT molecular complexity index is 1200. The molecule has 9 heteroatoms. The van der Waals surface area contributed by atoms with Crippen LogP contribution in [-0.4, -0.2) is 52.6 Å². The highest BCUT2D eigenvalue weighted by Crippen LogP contribution is 2.16. The number of amides is 3. The largest absolute Gasteiger partial charge is 0.356 e. The molecule has 3 N–H and O–H groups in total. The number of rotatable bonds is 9. The summed E-state index contributed by atoms with van der Waals surface area (Å²) in [6, 6.07) is 14.6. The normalized spacial score (nSPS) is 16.9. The molecule has 1 aromatic heterocycles. The average molecular weight is 460 g/mol. The van der Waals surface area contributed by atoms with E-state index in [4.69, 9.17) is 0 Å². The molecule has 4 rings (SSSR count). The first-order chi connectivity index (χ1) is 16.5. The molecule has 174 valence electrons. The lowest BCUT2D eigenvalue weighted by molar-refractivity contribution is -0.127. The van der Waals surface area contributed by atoms with Crippen molar-refractivity contribution in [3.63, 3.8) is 0 Å². The maximum Gasteiger partial charge on any atom is 0.272 e. The van der Waals surface area contributed by atoms with E-state index in [0.717, 1.165) is 5.56 Å². The van der Waals surface area contributed by atoms with E-state index in [1.54, 1.807) is 18.2 Å². The summed E-state index contributed by atoms with van der Waals surface area (Å²) in [7, 11) is 0. The van der Waals surface area contributed by atoms with Crippen LogP contribution < -0.4 is 16.0 Å². The van der Waals surface area contributed by atoms with Crippen molar-refractivity contribution in [3.05, 3.63) is 72.1 Å². The van der Waals surface area contributed by atoms with Gasteiger partial charge in [0, 0.05) is 18.9 Å². The monoisotopic (exact) mass is 459 g/mol. The predicted octanol–water partition coefficient (Wildman–Crippen LogP) is 1.18. The number of benzene rings is 2. The van der Waals surface area contributed by atoms with Gasteiger partial charge in [-0.25, -0.2) is 4.98 Å². The van der Waals surface area contributed by atoms with Crippen molar-refractivity contribution in [3.8, 4) is 0 Å². The summed E-state index contributed by atoms with van der Waals surface area (Å²) in [4.78, 5) is 58.2. The van der Waals surface area contributed by atoms with Crippen LogP contribution in [0, 0.1) is 5.92 Å². The number of carbonyl (C=O) groups is 4. The molecule has 2 aromatic carbocycles. The van der Waals surface area contributed by atoms with Gasteiger partial charge >= 0.3 is 0 Å². The molecule has 3 aromatic rings. The molecule has 3 atom stereocenters. The predicted molar refractivity (Wildman–Crippen MR) is 125 cm³/mol. The summed E-state index contributed by atoms with van der Waals surface area (Å²) in [6.45, 7) is 0.558. The zero-order valence-electron chi connectivity index (χ0n) is 18.4. The highest BCUT2D eigenvalue weighted by Gasteiger charge is 2.30. The van der Waals surface area contributed by atoms with E-state index in [-0.39, 0.29) is 30.4 Å². The Morgan fingerprint density at radius 3 is 2.50 bits per heavy atom. The van der Waals surface area contributed by atoms with Crippen LogP contribution in [-0.2, 0) is 20.8 Å². The summed E-state index contributed by atoms with van der Waals surface area (Å²) in [5, 5.41) is 8.14. The molecule has 1 aliphatic heterocycles. The first-order valence-electron chi connectivity index (χ1n) is 11.1. The van der Waals surface area contributed by atoms with Crippen LogP contribution in [0.1, 0.15) is 28.9 Å². The van der Waals surface area contributed by atoms with Crippen LogP contribution >= 0.6 is 0 Å². The van der Waals surface area contributed by atoms with Gasteiger partial charge in [-0.2, -0.15) is 0 Å². The Balaban J connectivity index is 1.50. The molecule has 0 saturated carbocycles. The zero-order valence-corrected chi connectivity index (χ0v) is 18.4. The molecule has 1 aliphatic rings. The fraction of sp³-hybridized carbons (Fsp3) is 0.280. The van der Waals surface area contributed by atoms with Gasteiger partial charge < -0.3 is 20.7 Å². The maximum atomic E-state index is 13.1. The Morgan fingerprint density at radius 2 is 1.79 bits per heavy atom. The third-order valence-corrected chi connectivity index (χ3v) is 5.78. The molecule has 34 heavy (non-hydrogen) atoms. The van der Waals surface area contributed by atoms with Crippen molar-refractivity contribution >= 4 is 35.0 Å². The van der Waals surface area contributed by atoms with Crippen LogP contribution in [0.15, 0.2) is 60.8 Å². The van der Waals surface area contributed by atoms with Gasteiger partial charge in [0.05, 0.1) is 23.3 Å². The third kappa shape index (κ3) is 5.61. The fourth-order valence-electron chi connectivity index (χ4n) is 3.97. The Morgan fingerprint density at radius 1 is 1.06 bits per heavy atom. The van der Waals surface area contributed by atoms with Gasteiger partial charge in [0.15, 0.2) is 0 Å². The number of nitrogens with one attached hydrogen (secondary N) is 3. The van der Waals surface area contributed by atoms with Gasteiger partial charge in [0.25, 0.3) is 5.91 Å². The molecule has 1 saturated heterocycles. The van der Waals surface area contributed by atoms with Crippen LogP contribution in [0.5, 0.6) is 0 Å². The van der Waals surface area contributed by atoms with Crippen molar-refractivity contribution in [1.82, 2.24) is 25.9 Å². The van der Waals surface area contributed by atoms with Crippen molar-refractivity contribution in [2.75, 3.05) is 6.54 Å². The second-order valence-corrected chi connectivity index (χ2v) is 8.22. The first kappa shape index (κ1) is 23.0. The van der Waals surface area contributed by atoms with Crippen molar-refractivity contribution in [1.29, 1.82) is 0 Å². The Kier molecular flexibility index (Phi) is 7.22. The van der Waals surface area contributed by atoms with Crippen LogP contribution in [0.2, 0.25) is 0 Å². The number of para-hydroxylation sites is 2. The molecule has 0 radical (unpaired) electrons. The standard InChI is InChI=1S/C25H25N5O4/c31-15-18(13-17-10-11-26-23(17)32)28-24(33)21(12-16-6-2-1-3-7-16)30-25(34)22-14-27-19-8-4-5-9-20(19)29-22/h1-9,14-15,17-18,21H,10-13H2,(H,26,32)(H,28,33)(H,30,34)/t17-,18?,21-/m0/s1. The Hall–Kier alpha value is -4.14. The third-order valence-electron chi connectivity index (χ3n) is 5.78. The lowest BCUT2D eigenvalue weighted by Gasteiger charge is -2.22. The summed E-state index contributed by atoms with van der Waals surface area (Å²) < 4.78 is 0. The highest BCUT2D eigenvalue weighted by atomic mass is 16.2. The number of carbonyl (C=O) groups excluding carboxylic acids is 4. The summed E-state index contributed by atoms with van der Waals surface area (Å²) in [6.07, 6.45) is 3.03. The summed E-state index contributed by atoms with van der Waals surface area (Å²) >= 11 is 0. The van der Waals surface area contributed by atoms with Crippen LogP contribution in [0.25, 0.3) is 11.0 Å². The number of nitrogens with zero attached hydrogens (tertiary/aromatic N) is 2. The van der Waals surface area contributed by atoms with E-state index >= 15 is 0 Å². The molecule has 0 aliphatic carbocycles. The SMILES string of the molecule is O=CC(C[C@@H]1CCNC1=O)NC(=O)[C@H](Cc1ccccc1)NC(=O)c1cnc2ccccc2n1.